The molecular weight excluding hydrogens is 2680 g/mol. The molecule has 0 saturated carbocycles. The van der Waals surface area contributed by atoms with Crippen LogP contribution in [0, 0.1) is 131 Å². The summed E-state index contributed by atoms with van der Waals surface area (Å²) in [5.74, 6) is -0.628. The second-order valence-corrected chi connectivity index (χ2v) is 39.0. The van der Waals surface area contributed by atoms with E-state index in [1.165, 1.54) is 45.0 Å². The topological polar surface area (TPSA) is 355 Å². The fourth-order valence-corrected chi connectivity index (χ4v) is 19.8. The Hall–Kier alpha value is -10.4. The SMILES string of the molecule is CCC(CC)C(=O)C=C(O)C(CC)CC.CCC(CC)C(=O)C=C(O)C(CC)CC.CCC(CC)C(=O)C=C(O)C(CC)CC.CCC(CC)C(=O)C=C(O)C(CC)CC.Cc1nc2ncnc(-c3[c-]c4ccccc4s3)c2nc1C.Cc1nc2ncnc(-c3[c-]c4ccccc4s3)c2nc1C.Fc1nc(-c2[c-]c3ccccc3s2)c2nc(F)c(F)nc2n1.[2H]c1nc(-c2[c-]c3ccccc3s2)c2nc(C)c(C)nc2n1.[Ir].[Ir].[Ir].[Ir]. The fraction of sp³-hybridized carbons (Fsp3) is 0.404. The van der Waals surface area contributed by atoms with Crippen LogP contribution in [0.2, 0.25) is 0 Å². The third-order valence-electron chi connectivity index (χ3n) is 25.6. The number of aliphatic hydroxyl groups excluding tert-OH is 4. The van der Waals surface area contributed by atoms with Gasteiger partial charge in [-0.05, 0) is 183 Å². The molecule has 4 aromatic carbocycles. The number of hydrogen-bond donors (Lipinski definition) is 4. The van der Waals surface area contributed by atoms with E-state index >= 15 is 0 Å². The van der Waals surface area contributed by atoms with Crippen molar-refractivity contribution in [3.8, 4) is 42.3 Å². The quantitative estimate of drug-likeness (QED) is 0.0132. The monoisotopic (exact) mass is 2810 g/mol. The number of aliphatic hydroxyl groups is 4. The van der Waals surface area contributed by atoms with E-state index in [0.717, 1.165) is 205 Å². The first-order valence-electron chi connectivity index (χ1n) is 50.5. The largest absolute Gasteiger partial charge is 0.512 e. The molecule has 16 rings (SSSR count). The van der Waals surface area contributed by atoms with Gasteiger partial charge in [-0.3, -0.25) is 49.1 Å². The molecule has 0 unspecified atom stereocenters. The summed E-state index contributed by atoms with van der Waals surface area (Å²) >= 11 is 6.20. The van der Waals surface area contributed by atoms with E-state index < -0.39 is 18.0 Å². The van der Waals surface area contributed by atoms with Gasteiger partial charge in [0.25, 0.3) is 11.9 Å². The summed E-state index contributed by atoms with van der Waals surface area (Å²) in [4.78, 5) is 117. The Labute approximate surface area is 943 Å². The molecule has 0 bridgehead atoms. The van der Waals surface area contributed by atoms with Crippen molar-refractivity contribution in [3.63, 3.8) is 0 Å². The van der Waals surface area contributed by atoms with E-state index in [4.69, 9.17) is 1.37 Å². The maximum atomic E-state index is 13.6. The summed E-state index contributed by atoms with van der Waals surface area (Å²) in [5, 5.41) is 43.1. The third-order valence-corrected chi connectivity index (χ3v) is 29.9. The maximum Gasteiger partial charge on any atom is 0.301 e. The van der Waals surface area contributed by atoms with Crippen LogP contribution in [0.3, 0.4) is 0 Å². The molecule has 24 nitrogen and oxygen atoms in total. The van der Waals surface area contributed by atoms with Gasteiger partial charge in [0.15, 0.2) is 45.7 Å². The van der Waals surface area contributed by atoms with Crippen LogP contribution in [-0.2, 0) is 99.6 Å². The Kier molecular flexibility index (Phi) is 55.1. The van der Waals surface area contributed by atoms with Crippen molar-refractivity contribution in [1.82, 2.24) is 79.7 Å². The molecule has 16 aromatic rings. The molecule has 0 spiro atoms. The number of rotatable bonds is 32. The van der Waals surface area contributed by atoms with Gasteiger partial charge in [-0.1, -0.05) is 159 Å². The van der Waals surface area contributed by atoms with Gasteiger partial charge in [-0.25, -0.2) is 85.2 Å². The normalized spacial score (nSPS) is 11.6. The molecule has 4 radical (unpaired) electrons. The summed E-state index contributed by atoms with van der Waals surface area (Å²) in [7, 11) is 0. The predicted molar refractivity (Wildman–Crippen MR) is 583 cm³/mol. The van der Waals surface area contributed by atoms with E-state index in [1.807, 2.05) is 225 Å². The number of carbonyl (C=O) groups excluding carboxylic acids is 4. The molecule has 149 heavy (non-hydrogen) atoms. The zero-order valence-corrected chi connectivity index (χ0v) is 101. The Morgan fingerprint density at radius 3 is 0.779 bits per heavy atom. The minimum Gasteiger partial charge on any atom is -0.512 e. The molecule has 0 aliphatic heterocycles. The Morgan fingerprint density at radius 1 is 0.289 bits per heavy atom. The first kappa shape index (κ1) is 127. The molecule has 0 aliphatic rings. The molecular formula is C114H133F3Ir4N16O8S4-4. The average molecular weight is 2810 g/mol. The minimum atomic E-state index is -1.43. The Bertz CT molecular complexity index is 6610. The number of ketones is 4. The molecule has 0 saturated heterocycles. The molecule has 0 atom stereocenters. The first-order chi connectivity index (χ1) is 70.1. The summed E-state index contributed by atoms with van der Waals surface area (Å²) < 4.78 is 52.3. The summed E-state index contributed by atoms with van der Waals surface area (Å²) in [6.07, 6.45) is 21.6. The smallest absolute Gasteiger partial charge is 0.301 e. The number of aromatic nitrogens is 16. The van der Waals surface area contributed by atoms with Gasteiger partial charge in [0, 0.05) is 175 Å². The van der Waals surface area contributed by atoms with Crippen LogP contribution in [-0.4, -0.2) is 123 Å². The van der Waals surface area contributed by atoms with Crippen LogP contribution < -0.4 is 0 Å². The fourth-order valence-electron chi connectivity index (χ4n) is 15.8. The van der Waals surface area contributed by atoms with Crippen LogP contribution >= 0.6 is 45.3 Å². The van der Waals surface area contributed by atoms with Crippen LogP contribution in [0.4, 0.5) is 13.2 Å². The van der Waals surface area contributed by atoms with E-state index in [-0.39, 0.29) is 197 Å². The first-order valence-corrected chi connectivity index (χ1v) is 53.2. The van der Waals surface area contributed by atoms with Gasteiger partial charge in [-0.15, -0.1) is 94.3 Å². The minimum absolute atomic E-state index is 0. The van der Waals surface area contributed by atoms with Crippen molar-refractivity contribution in [2.75, 3.05) is 0 Å². The van der Waals surface area contributed by atoms with E-state index in [9.17, 15) is 52.8 Å². The van der Waals surface area contributed by atoms with Crippen molar-refractivity contribution >= 4 is 153 Å². The number of nitrogens with zero attached hydrogens (tertiary/aromatic N) is 16. The zero-order valence-electron chi connectivity index (χ0n) is 89.3. The molecule has 12 aromatic heterocycles. The number of halogens is 3. The van der Waals surface area contributed by atoms with Gasteiger partial charge >= 0.3 is 6.08 Å². The number of allylic oxidation sites excluding steroid dienone is 8. The van der Waals surface area contributed by atoms with Crippen molar-refractivity contribution in [2.45, 2.75) is 255 Å². The molecule has 4 N–H and O–H groups in total. The van der Waals surface area contributed by atoms with Crippen molar-refractivity contribution in [2.24, 2.45) is 47.3 Å². The molecule has 0 aliphatic carbocycles. The molecule has 0 amide bonds. The number of carbonyl (C=O) groups is 4. The van der Waals surface area contributed by atoms with Gasteiger partial charge in [0.1, 0.15) is 20.3 Å². The summed E-state index contributed by atoms with van der Waals surface area (Å²) in [6, 6.07) is 45.0. The second kappa shape index (κ2) is 64.5. The van der Waals surface area contributed by atoms with Crippen LogP contribution in [0.1, 0.15) is 249 Å². The Morgan fingerprint density at radius 2 is 0.517 bits per heavy atom. The standard InChI is InChI=1S/3C16H11N4S.C14H4F3N4S.4C13H24O2.4Ir/c3*1-9-10(2)20-16-15(19-9)14(17-8-18-16)13-7-11-5-3-4-6-12(11)21-13;15-11-12(16)20-13-10(18-11)9(19-14(17)21-13)8-5-6-3-1-2-4-7(6)22-8;4*1-5-10(6-2)12(14)9-13(15)11(7-3)8-4;;;;/h3*3-6,8H,1-2H3;1-4H;4*9-11,14H,5-8H2,1-4H3;;;;/q4*-1;;;;;;;;/i8D;;;;;;;;;;;. The average Bonchev–Trinajstić information content (AvgIpc) is 1.63. The maximum absolute atomic E-state index is 13.6. The van der Waals surface area contributed by atoms with E-state index in [1.54, 1.807) is 46.7 Å². The van der Waals surface area contributed by atoms with E-state index in [2.05, 4.69) is 128 Å². The van der Waals surface area contributed by atoms with Crippen molar-refractivity contribution < 1.29 is 135 Å². The number of hydrogen-bond acceptors (Lipinski definition) is 28. The zero-order chi connectivity index (χ0) is 107. The van der Waals surface area contributed by atoms with Crippen molar-refractivity contribution in [3.05, 3.63) is 240 Å². The van der Waals surface area contributed by atoms with Crippen LogP contribution in [0.25, 0.3) is 127 Å². The summed E-state index contributed by atoms with van der Waals surface area (Å²) in [5.41, 5.74) is 10.9. The van der Waals surface area contributed by atoms with Crippen LogP contribution in [0.5, 0.6) is 0 Å². The number of benzene rings is 4. The molecule has 35 heteroatoms. The van der Waals surface area contributed by atoms with Gasteiger partial charge in [0.05, 0.1) is 79.3 Å². The molecule has 802 valence electrons. The number of fused-ring (bicyclic) bond motifs is 8. The van der Waals surface area contributed by atoms with Gasteiger partial charge < -0.3 is 20.4 Å². The number of thiophene rings is 4. The number of aryl methyl sites for hydroxylation is 6. The third kappa shape index (κ3) is 35.3. The van der Waals surface area contributed by atoms with E-state index in [0.29, 0.717) is 33.0 Å². The van der Waals surface area contributed by atoms with Gasteiger partial charge in [0.2, 0.25) is 0 Å². The molecule has 12 heterocycles. The molecule has 0 fully saturated rings. The Balaban J connectivity index is 0.000000302. The second-order valence-electron chi connectivity index (χ2n) is 34.8. The van der Waals surface area contributed by atoms with Crippen LogP contribution in [0.15, 0.2) is 163 Å². The van der Waals surface area contributed by atoms with Gasteiger partial charge in [-0.2, -0.15) is 23.1 Å². The predicted octanol–water partition coefficient (Wildman–Crippen LogP) is 30.1. The summed E-state index contributed by atoms with van der Waals surface area (Å²) in [6.45, 7) is 43.9. The van der Waals surface area contributed by atoms with Crippen molar-refractivity contribution in [1.29, 1.82) is 0 Å².